The highest BCUT2D eigenvalue weighted by Gasteiger charge is 2.30. The number of benzene rings is 3. The predicted molar refractivity (Wildman–Crippen MR) is 145 cm³/mol. The Morgan fingerprint density at radius 3 is 2.32 bits per heavy atom. The fourth-order valence-corrected chi connectivity index (χ4v) is 4.06. The molecule has 3 aromatic carbocycles. The van der Waals surface area contributed by atoms with Crippen LogP contribution in [-0.4, -0.2) is 35.9 Å². The molecular formula is C30H34ClFN2O3. The van der Waals surface area contributed by atoms with E-state index in [9.17, 15) is 14.0 Å². The topological polar surface area (TPSA) is 58.6 Å². The summed E-state index contributed by atoms with van der Waals surface area (Å²) in [4.78, 5) is 28.5. The van der Waals surface area contributed by atoms with E-state index in [4.69, 9.17) is 16.3 Å². The number of amides is 2. The Hall–Kier alpha value is -3.38. The van der Waals surface area contributed by atoms with Crippen LogP contribution in [0.15, 0.2) is 78.9 Å². The van der Waals surface area contributed by atoms with Crippen molar-refractivity contribution in [3.8, 4) is 5.75 Å². The maximum absolute atomic E-state index is 13.5. The van der Waals surface area contributed by atoms with Crippen LogP contribution in [0.4, 0.5) is 4.39 Å². The smallest absolute Gasteiger partial charge is 0.243 e. The van der Waals surface area contributed by atoms with Gasteiger partial charge in [0.25, 0.3) is 0 Å². The summed E-state index contributed by atoms with van der Waals surface area (Å²) in [7, 11) is 0. The quantitative estimate of drug-likeness (QED) is 0.256. The van der Waals surface area contributed by atoms with Gasteiger partial charge in [0, 0.05) is 31.0 Å². The van der Waals surface area contributed by atoms with E-state index in [0.29, 0.717) is 36.8 Å². The highest BCUT2D eigenvalue weighted by atomic mass is 35.5. The van der Waals surface area contributed by atoms with Gasteiger partial charge in [-0.1, -0.05) is 67.4 Å². The number of nitrogens with one attached hydrogen (secondary N) is 1. The van der Waals surface area contributed by atoms with Gasteiger partial charge < -0.3 is 15.0 Å². The average Bonchev–Trinajstić information content (AvgIpc) is 2.91. The van der Waals surface area contributed by atoms with Gasteiger partial charge in [0.2, 0.25) is 11.8 Å². The molecule has 0 aliphatic carbocycles. The molecule has 0 aliphatic heterocycles. The summed E-state index contributed by atoms with van der Waals surface area (Å²) in [5.74, 6) is -0.0165. The van der Waals surface area contributed by atoms with Gasteiger partial charge >= 0.3 is 0 Å². The standard InChI is InChI=1S/C30H34ClFN2O3/c1-2-3-19-33-30(36)28(21-23-8-5-4-6-9-23)34(22-24-11-15-26(32)16-12-24)29(35)10-7-20-37-27-17-13-25(31)14-18-27/h4-6,8-9,11-18,28H,2-3,7,10,19-22H2,1H3,(H,33,36)/t28-/m1/s1. The van der Waals surface area contributed by atoms with E-state index in [0.717, 1.165) is 24.0 Å². The van der Waals surface area contributed by atoms with E-state index in [1.807, 2.05) is 30.3 Å². The number of hydrogen-bond donors (Lipinski definition) is 1. The molecule has 0 saturated heterocycles. The lowest BCUT2D eigenvalue weighted by molar-refractivity contribution is -0.141. The number of ether oxygens (including phenoxy) is 1. The fourth-order valence-electron chi connectivity index (χ4n) is 3.93. The Morgan fingerprint density at radius 1 is 0.946 bits per heavy atom. The summed E-state index contributed by atoms with van der Waals surface area (Å²) in [6, 6.07) is 22.0. The van der Waals surface area contributed by atoms with E-state index in [1.165, 1.54) is 12.1 Å². The van der Waals surface area contributed by atoms with Crippen LogP contribution >= 0.6 is 11.6 Å². The molecule has 3 aromatic rings. The van der Waals surface area contributed by atoms with Crippen LogP contribution < -0.4 is 10.1 Å². The van der Waals surface area contributed by atoms with E-state index in [1.54, 1.807) is 41.3 Å². The average molecular weight is 525 g/mol. The molecule has 3 rings (SSSR count). The molecule has 0 spiro atoms. The minimum Gasteiger partial charge on any atom is -0.494 e. The summed E-state index contributed by atoms with van der Waals surface area (Å²) >= 11 is 5.92. The first-order valence-electron chi connectivity index (χ1n) is 12.7. The zero-order valence-corrected chi connectivity index (χ0v) is 21.9. The second-order valence-electron chi connectivity index (χ2n) is 8.90. The van der Waals surface area contributed by atoms with Crippen molar-refractivity contribution in [3.05, 3.63) is 101 Å². The van der Waals surface area contributed by atoms with E-state index < -0.39 is 6.04 Å². The highest BCUT2D eigenvalue weighted by Crippen LogP contribution is 2.18. The number of unbranched alkanes of at least 4 members (excludes halogenated alkanes) is 1. The molecule has 0 bridgehead atoms. The molecule has 0 radical (unpaired) electrons. The van der Waals surface area contributed by atoms with Crippen LogP contribution in [0.1, 0.15) is 43.7 Å². The first kappa shape index (κ1) is 28.2. The van der Waals surface area contributed by atoms with Crippen molar-refractivity contribution in [1.29, 1.82) is 0 Å². The molecule has 0 aromatic heterocycles. The van der Waals surface area contributed by atoms with Crippen molar-refractivity contribution in [2.24, 2.45) is 0 Å². The molecule has 1 N–H and O–H groups in total. The molecule has 1 atom stereocenters. The first-order valence-corrected chi connectivity index (χ1v) is 13.1. The lowest BCUT2D eigenvalue weighted by atomic mass is 10.0. The van der Waals surface area contributed by atoms with Crippen LogP contribution in [-0.2, 0) is 22.6 Å². The van der Waals surface area contributed by atoms with Crippen LogP contribution in [0.25, 0.3) is 0 Å². The van der Waals surface area contributed by atoms with Gasteiger partial charge in [0.1, 0.15) is 17.6 Å². The lowest BCUT2D eigenvalue weighted by Crippen LogP contribution is -2.50. The summed E-state index contributed by atoms with van der Waals surface area (Å²) in [6.45, 7) is 3.16. The maximum Gasteiger partial charge on any atom is 0.243 e. The van der Waals surface area contributed by atoms with Gasteiger partial charge in [-0.25, -0.2) is 4.39 Å². The zero-order chi connectivity index (χ0) is 26.5. The minimum atomic E-state index is -0.700. The largest absolute Gasteiger partial charge is 0.494 e. The second-order valence-corrected chi connectivity index (χ2v) is 9.34. The highest BCUT2D eigenvalue weighted by molar-refractivity contribution is 6.30. The molecule has 7 heteroatoms. The summed E-state index contributed by atoms with van der Waals surface area (Å²) < 4.78 is 19.3. The molecule has 0 saturated carbocycles. The van der Waals surface area contributed by atoms with Crippen molar-refractivity contribution in [2.45, 2.75) is 51.6 Å². The molecule has 0 aliphatic rings. The molecule has 0 fully saturated rings. The second kappa shape index (κ2) is 15.0. The summed E-state index contributed by atoms with van der Waals surface area (Å²) in [6.07, 6.45) is 2.89. The Balaban J connectivity index is 1.76. The van der Waals surface area contributed by atoms with Crippen LogP contribution in [0, 0.1) is 5.82 Å². The molecule has 0 unspecified atom stereocenters. The van der Waals surface area contributed by atoms with Crippen molar-refractivity contribution in [1.82, 2.24) is 10.2 Å². The Kier molecular flexibility index (Phi) is 11.4. The third kappa shape index (κ3) is 9.54. The van der Waals surface area contributed by atoms with Gasteiger partial charge in [-0.3, -0.25) is 9.59 Å². The molecule has 5 nitrogen and oxygen atoms in total. The molecule has 2 amide bonds. The van der Waals surface area contributed by atoms with E-state index >= 15 is 0 Å². The molecule has 37 heavy (non-hydrogen) atoms. The van der Waals surface area contributed by atoms with Crippen molar-refractivity contribution in [3.63, 3.8) is 0 Å². The normalized spacial score (nSPS) is 11.5. The van der Waals surface area contributed by atoms with Gasteiger partial charge in [0.15, 0.2) is 0 Å². The van der Waals surface area contributed by atoms with Crippen LogP contribution in [0.2, 0.25) is 5.02 Å². The number of rotatable bonds is 14. The van der Waals surface area contributed by atoms with Crippen molar-refractivity contribution >= 4 is 23.4 Å². The van der Waals surface area contributed by atoms with Crippen molar-refractivity contribution < 1.29 is 18.7 Å². The van der Waals surface area contributed by atoms with E-state index in [2.05, 4.69) is 12.2 Å². The number of halogens is 2. The maximum atomic E-state index is 13.5. The van der Waals surface area contributed by atoms with Gasteiger partial charge in [0.05, 0.1) is 6.61 Å². The first-order chi connectivity index (χ1) is 18.0. The molecule has 196 valence electrons. The SMILES string of the molecule is CCCCNC(=O)[C@@H](Cc1ccccc1)N(Cc1ccc(F)cc1)C(=O)CCCOc1ccc(Cl)cc1. The lowest BCUT2D eigenvalue weighted by Gasteiger charge is -2.31. The predicted octanol–water partition coefficient (Wildman–Crippen LogP) is 6.19. The third-order valence-electron chi connectivity index (χ3n) is 5.98. The van der Waals surface area contributed by atoms with Gasteiger partial charge in [-0.15, -0.1) is 0 Å². The third-order valence-corrected chi connectivity index (χ3v) is 6.24. The Bertz CT molecular complexity index is 1110. The number of hydrogen-bond acceptors (Lipinski definition) is 3. The number of carbonyl (C=O) groups excluding carboxylic acids is 2. The summed E-state index contributed by atoms with van der Waals surface area (Å²) in [5, 5.41) is 3.62. The molecular weight excluding hydrogens is 491 g/mol. The number of nitrogens with zero attached hydrogens (tertiary/aromatic N) is 1. The molecule has 0 heterocycles. The monoisotopic (exact) mass is 524 g/mol. The van der Waals surface area contributed by atoms with Crippen LogP contribution in [0.5, 0.6) is 5.75 Å². The van der Waals surface area contributed by atoms with Gasteiger partial charge in [-0.05, 0) is 60.4 Å². The minimum absolute atomic E-state index is 0.157. The van der Waals surface area contributed by atoms with Crippen molar-refractivity contribution in [2.75, 3.05) is 13.2 Å². The Morgan fingerprint density at radius 2 is 1.65 bits per heavy atom. The van der Waals surface area contributed by atoms with E-state index in [-0.39, 0.29) is 30.6 Å². The zero-order valence-electron chi connectivity index (χ0n) is 21.2. The summed E-state index contributed by atoms with van der Waals surface area (Å²) in [5.41, 5.74) is 1.72. The number of carbonyl (C=O) groups is 2. The van der Waals surface area contributed by atoms with Gasteiger partial charge in [-0.2, -0.15) is 0 Å². The van der Waals surface area contributed by atoms with Crippen LogP contribution in [0.3, 0.4) is 0 Å². The Labute approximate surface area is 223 Å². The fraction of sp³-hybridized carbons (Fsp3) is 0.333.